The van der Waals surface area contributed by atoms with Gasteiger partial charge in [-0.3, -0.25) is 4.90 Å². The lowest BCUT2D eigenvalue weighted by atomic mass is 10.0. The maximum absolute atomic E-state index is 13.2. The summed E-state index contributed by atoms with van der Waals surface area (Å²) in [6.45, 7) is 4.74. The molecule has 2 atom stereocenters. The van der Waals surface area contributed by atoms with Gasteiger partial charge < -0.3 is 10.8 Å². The zero-order chi connectivity index (χ0) is 12.4. The van der Waals surface area contributed by atoms with Crippen molar-refractivity contribution in [2.24, 2.45) is 11.7 Å². The van der Waals surface area contributed by atoms with Crippen molar-refractivity contribution >= 4 is 0 Å². The number of benzene rings is 1. The van der Waals surface area contributed by atoms with Crippen molar-refractivity contribution in [2.45, 2.75) is 25.9 Å². The molecule has 3 nitrogen and oxygen atoms in total. The van der Waals surface area contributed by atoms with Crippen LogP contribution in [-0.4, -0.2) is 29.1 Å². The van der Waals surface area contributed by atoms with E-state index in [4.69, 9.17) is 10.8 Å². The number of nitrogens with zero attached hydrogens (tertiary/aromatic N) is 1. The average Bonchev–Trinajstić information content (AvgIpc) is 2.72. The highest BCUT2D eigenvalue weighted by Gasteiger charge is 2.25. The molecule has 0 aromatic heterocycles. The number of nitrogens with two attached hydrogens (primary N) is 1. The summed E-state index contributed by atoms with van der Waals surface area (Å²) >= 11 is 0. The van der Waals surface area contributed by atoms with Gasteiger partial charge in [0, 0.05) is 19.1 Å². The lowest BCUT2D eigenvalue weighted by molar-refractivity contribution is 0.307. The summed E-state index contributed by atoms with van der Waals surface area (Å²) in [7, 11) is 0. The SMILES string of the molecule is CC(N)C1CCN(Cc2ccc(O)c(F)c2)C1. The van der Waals surface area contributed by atoms with Gasteiger partial charge >= 0.3 is 0 Å². The molecule has 0 bridgehead atoms. The summed E-state index contributed by atoms with van der Waals surface area (Å²) < 4.78 is 13.2. The fourth-order valence-electron chi connectivity index (χ4n) is 2.34. The van der Waals surface area contributed by atoms with Crippen LogP contribution in [0.15, 0.2) is 18.2 Å². The minimum atomic E-state index is -0.551. The fourth-order valence-corrected chi connectivity index (χ4v) is 2.34. The zero-order valence-corrected chi connectivity index (χ0v) is 10.1. The van der Waals surface area contributed by atoms with Crippen molar-refractivity contribution in [3.8, 4) is 5.75 Å². The van der Waals surface area contributed by atoms with Gasteiger partial charge in [-0.2, -0.15) is 0 Å². The Bertz CT molecular complexity index is 395. The van der Waals surface area contributed by atoms with E-state index in [-0.39, 0.29) is 11.8 Å². The van der Waals surface area contributed by atoms with Gasteiger partial charge in [0.25, 0.3) is 0 Å². The Balaban J connectivity index is 1.96. The monoisotopic (exact) mass is 238 g/mol. The summed E-state index contributed by atoms with van der Waals surface area (Å²) in [6.07, 6.45) is 1.11. The van der Waals surface area contributed by atoms with Gasteiger partial charge in [0.15, 0.2) is 11.6 Å². The van der Waals surface area contributed by atoms with E-state index in [0.29, 0.717) is 5.92 Å². The molecule has 0 spiro atoms. The molecule has 0 amide bonds. The first kappa shape index (κ1) is 12.3. The van der Waals surface area contributed by atoms with Crippen LogP contribution in [-0.2, 0) is 6.54 Å². The molecule has 1 aromatic carbocycles. The standard InChI is InChI=1S/C13H19FN2O/c1-9(15)11-4-5-16(8-11)7-10-2-3-13(17)12(14)6-10/h2-3,6,9,11,17H,4-5,7-8,15H2,1H3. The van der Waals surface area contributed by atoms with Crippen molar-refractivity contribution in [1.82, 2.24) is 4.90 Å². The number of hydrogen-bond acceptors (Lipinski definition) is 3. The minimum absolute atomic E-state index is 0.219. The van der Waals surface area contributed by atoms with Crippen LogP contribution in [0.1, 0.15) is 18.9 Å². The maximum atomic E-state index is 13.2. The smallest absolute Gasteiger partial charge is 0.165 e. The second-order valence-corrected chi connectivity index (χ2v) is 4.93. The molecule has 1 aliphatic heterocycles. The third kappa shape index (κ3) is 2.96. The van der Waals surface area contributed by atoms with Crippen LogP contribution in [0.25, 0.3) is 0 Å². The fraction of sp³-hybridized carbons (Fsp3) is 0.538. The number of phenolic OH excluding ortho intramolecular Hbond substituents is 1. The average molecular weight is 238 g/mol. The highest BCUT2D eigenvalue weighted by atomic mass is 19.1. The third-order valence-corrected chi connectivity index (χ3v) is 3.47. The molecule has 1 saturated heterocycles. The van der Waals surface area contributed by atoms with E-state index in [1.54, 1.807) is 6.07 Å². The Kier molecular flexibility index (Phi) is 3.64. The predicted octanol–water partition coefficient (Wildman–Crippen LogP) is 1.70. The molecule has 17 heavy (non-hydrogen) atoms. The molecular formula is C13H19FN2O. The summed E-state index contributed by atoms with van der Waals surface area (Å²) in [4.78, 5) is 2.28. The number of aromatic hydroxyl groups is 1. The van der Waals surface area contributed by atoms with Gasteiger partial charge in [-0.05, 0) is 43.5 Å². The first-order chi connectivity index (χ1) is 8.06. The number of rotatable bonds is 3. The van der Waals surface area contributed by atoms with Crippen LogP contribution in [0, 0.1) is 11.7 Å². The molecule has 2 rings (SSSR count). The van der Waals surface area contributed by atoms with Crippen LogP contribution in [0.5, 0.6) is 5.75 Å². The van der Waals surface area contributed by atoms with Crippen molar-refractivity contribution < 1.29 is 9.50 Å². The molecule has 1 aromatic rings. The van der Waals surface area contributed by atoms with Crippen LogP contribution in [0.4, 0.5) is 4.39 Å². The van der Waals surface area contributed by atoms with Crippen molar-refractivity contribution in [3.05, 3.63) is 29.6 Å². The highest BCUT2D eigenvalue weighted by molar-refractivity contribution is 5.28. The Morgan fingerprint density at radius 1 is 1.59 bits per heavy atom. The van der Waals surface area contributed by atoms with E-state index in [2.05, 4.69) is 4.90 Å². The highest BCUT2D eigenvalue weighted by Crippen LogP contribution is 2.22. The largest absolute Gasteiger partial charge is 0.505 e. The van der Waals surface area contributed by atoms with E-state index >= 15 is 0 Å². The van der Waals surface area contributed by atoms with Gasteiger partial charge in [0.2, 0.25) is 0 Å². The molecular weight excluding hydrogens is 219 g/mol. The van der Waals surface area contributed by atoms with Gasteiger partial charge in [-0.15, -0.1) is 0 Å². The van der Waals surface area contributed by atoms with Crippen molar-refractivity contribution in [1.29, 1.82) is 0 Å². The minimum Gasteiger partial charge on any atom is -0.505 e. The Morgan fingerprint density at radius 2 is 2.35 bits per heavy atom. The van der Waals surface area contributed by atoms with E-state index in [1.807, 2.05) is 6.92 Å². The van der Waals surface area contributed by atoms with Crippen molar-refractivity contribution in [2.75, 3.05) is 13.1 Å². The maximum Gasteiger partial charge on any atom is 0.165 e. The normalized spacial score (nSPS) is 22.9. The number of likely N-dealkylation sites (tertiary alicyclic amines) is 1. The topological polar surface area (TPSA) is 49.5 Å². The lowest BCUT2D eigenvalue weighted by Gasteiger charge is -2.17. The second kappa shape index (κ2) is 5.02. The summed E-state index contributed by atoms with van der Waals surface area (Å²) in [5.74, 6) is -0.300. The second-order valence-electron chi connectivity index (χ2n) is 4.93. The molecule has 0 radical (unpaired) electrons. The molecule has 1 aliphatic rings. The van der Waals surface area contributed by atoms with Gasteiger partial charge in [-0.25, -0.2) is 4.39 Å². The molecule has 4 heteroatoms. The first-order valence-electron chi connectivity index (χ1n) is 6.01. The summed E-state index contributed by atoms with van der Waals surface area (Å²) in [5, 5.41) is 9.11. The van der Waals surface area contributed by atoms with E-state index in [0.717, 1.165) is 31.6 Å². The Hall–Kier alpha value is -1.13. The molecule has 2 unspecified atom stereocenters. The van der Waals surface area contributed by atoms with E-state index in [1.165, 1.54) is 12.1 Å². The van der Waals surface area contributed by atoms with Crippen LogP contribution in [0.2, 0.25) is 0 Å². The molecule has 1 fully saturated rings. The van der Waals surface area contributed by atoms with Gasteiger partial charge in [0.1, 0.15) is 0 Å². The lowest BCUT2D eigenvalue weighted by Crippen LogP contribution is -2.29. The third-order valence-electron chi connectivity index (χ3n) is 3.47. The molecule has 1 heterocycles. The van der Waals surface area contributed by atoms with Crippen LogP contribution < -0.4 is 5.73 Å². The molecule has 0 aliphatic carbocycles. The zero-order valence-electron chi connectivity index (χ0n) is 10.1. The number of phenols is 1. The quantitative estimate of drug-likeness (QED) is 0.842. The summed E-state index contributed by atoms with van der Waals surface area (Å²) in [6, 6.07) is 4.78. The van der Waals surface area contributed by atoms with Gasteiger partial charge in [0.05, 0.1) is 0 Å². The van der Waals surface area contributed by atoms with E-state index in [9.17, 15) is 4.39 Å². The molecule has 0 saturated carbocycles. The van der Waals surface area contributed by atoms with E-state index < -0.39 is 5.82 Å². The first-order valence-corrected chi connectivity index (χ1v) is 6.01. The molecule has 3 N–H and O–H groups in total. The van der Waals surface area contributed by atoms with Crippen LogP contribution >= 0.6 is 0 Å². The van der Waals surface area contributed by atoms with Gasteiger partial charge in [-0.1, -0.05) is 6.07 Å². The Labute approximate surface area is 101 Å². The summed E-state index contributed by atoms with van der Waals surface area (Å²) in [5.41, 5.74) is 6.77. The van der Waals surface area contributed by atoms with Crippen LogP contribution in [0.3, 0.4) is 0 Å². The Morgan fingerprint density at radius 3 is 2.94 bits per heavy atom. The number of halogens is 1. The predicted molar refractivity (Wildman–Crippen MR) is 65.1 cm³/mol. The molecule has 94 valence electrons. The number of hydrogen-bond donors (Lipinski definition) is 2. The van der Waals surface area contributed by atoms with Crippen molar-refractivity contribution in [3.63, 3.8) is 0 Å².